The number of rotatable bonds is 5. The van der Waals surface area contributed by atoms with Gasteiger partial charge < -0.3 is 5.32 Å². The van der Waals surface area contributed by atoms with Crippen LogP contribution in [0, 0.1) is 5.92 Å². The number of nitrogens with one attached hydrogen (secondary N) is 3. The van der Waals surface area contributed by atoms with Crippen LogP contribution in [-0.4, -0.2) is 18.0 Å². The summed E-state index contributed by atoms with van der Waals surface area (Å²) in [5.41, 5.74) is 7.58. The summed E-state index contributed by atoms with van der Waals surface area (Å²) >= 11 is 0. The first kappa shape index (κ1) is 14.0. The van der Waals surface area contributed by atoms with Crippen LogP contribution in [0.4, 0.5) is 0 Å². The number of hydrogen-bond acceptors (Lipinski definition) is 3. The van der Waals surface area contributed by atoms with Gasteiger partial charge in [0.1, 0.15) is 0 Å². The highest BCUT2D eigenvalue weighted by atomic mass is 16.1. The van der Waals surface area contributed by atoms with E-state index in [2.05, 4.69) is 30.0 Å². The molecule has 4 heteroatoms. The summed E-state index contributed by atoms with van der Waals surface area (Å²) in [5.74, 6) is 0.651. The molecule has 1 saturated heterocycles. The van der Waals surface area contributed by atoms with E-state index in [1.54, 1.807) is 0 Å². The van der Waals surface area contributed by atoms with Crippen molar-refractivity contribution in [2.45, 2.75) is 45.3 Å². The van der Waals surface area contributed by atoms with Gasteiger partial charge >= 0.3 is 0 Å². The largest absolute Gasteiger partial charge is 0.352 e. The Morgan fingerprint density at radius 3 is 2.42 bits per heavy atom. The third-order valence-electron chi connectivity index (χ3n) is 3.86. The minimum absolute atomic E-state index is 0.134. The zero-order chi connectivity index (χ0) is 13.7. The molecule has 0 spiro atoms. The quantitative estimate of drug-likeness (QED) is 0.754. The fourth-order valence-electron chi connectivity index (χ4n) is 2.59. The molecule has 3 N–H and O–H groups in total. The highest BCUT2D eigenvalue weighted by Crippen LogP contribution is 2.19. The predicted molar refractivity (Wildman–Crippen MR) is 76.2 cm³/mol. The number of carbonyl (C=O) groups is 1. The molecule has 2 unspecified atom stereocenters. The summed E-state index contributed by atoms with van der Waals surface area (Å²) in [6.45, 7) is 4.93. The molecule has 2 rings (SSSR count). The molecule has 19 heavy (non-hydrogen) atoms. The van der Waals surface area contributed by atoms with Crippen LogP contribution in [0.3, 0.4) is 0 Å². The lowest BCUT2D eigenvalue weighted by molar-refractivity contribution is -0.121. The van der Waals surface area contributed by atoms with E-state index in [0.717, 1.165) is 12.0 Å². The van der Waals surface area contributed by atoms with E-state index in [4.69, 9.17) is 0 Å². The van der Waals surface area contributed by atoms with Crippen LogP contribution in [0.1, 0.15) is 32.3 Å². The molecule has 104 valence electrons. The van der Waals surface area contributed by atoms with Gasteiger partial charge in [0.15, 0.2) is 0 Å². The zero-order valence-electron chi connectivity index (χ0n) is 11.6. The minimum atomic E-state index is 0.134. The Kier molecular flexibility index (Phi) is 4.93. The van der Waals surface area contributed by atoms with Crippen molar-refractivity contribution in [1.29, 1.82) is 0 Å². The van der Waals surface area contributed by atoms with Crippen LogP contribution < -0.4 is 16.2 Å². The van der Waals surface area contributed by atoms with Crippen LogP contribution in [0.2, 0.25) is 0 Å². The Morgan fingerprint density at radius 1 is 1.16 bits per heavy atom. The topological polar surface area (TPSA) is 53.2 Å². The smallest absolute Gasteiger partial charge is 0.220 e. The van der Waals surface area contributed by atoms with Crippen LogP contribution in [-0.2, 0) is 11.3 Å². The normalized spacial score (nSPS) is 26.3. The first-order valence-electron chi connectivity index (χ1n) is 6.98. The van der Waals surface area contributed by atoms with Crippen molar-refractivity contribution < 1.29 is 4.79 Å². The van der Waals surface area contributed by atoms with E-state index in [0.29, 0.717) is 31.0 Å². The minimum Gasteiger partial charge on any atom is -0.352 e. The molecule has 1 heterocycles. The van der Waals surface area contributed by atoms with Gasteiger partial charge in [0.25, 0.3) is 0 Å². The maximum Gasteiger partial charge on any atom is 0.220 e. The summed E-state index contributed by atoms with van der Waals surface area (Å²) in [5, 5.41) is 2.97. The molecule has 0 bridgehead atoms. The first-order valence-corrected chi connectivity index (χ1v) is 6.98. The molecule has 0 radical (unpaired) electrons. The molecular formula is C15H23N3O. The Labute approximate surface area is 114 Å². The fourth-order valence-corrected chi connectivity index (χ4v) is 2.59. The van der Waals surface area contributed by atoms with Crippen molar-refractivity contribution in [2.24, 2.45) is 5.92 Å². The number of hydrogen-bond donors (Lipinski definition) is 3. The second kappa shape index (κ2) is 6.68. The van der Waals surface area contributed by atoms with Gasteiger partial charge in [-0.15, -0.1) is 0 Å². The van der Waals surface area contributed by atoms with Crippen LogP contribution >= 0.6 is 0 Å². The monoisotopic (exact) mass is 261 g/mol. The molecule has 1 aliphatic rings. The van der Waals surface area contributed by atoms with Gasteiger partial charge in [-0.2, -0.15) is 0 Å². The van der Waals surface area contributed by atoms with Gasteiger partial charge in [-0.1, -0.05) is 30.3 Å². The predicted octanol–water partition coefficient (Wildman–Crippen LogP) is 1.58. The van der Waals surface area contributed by atoms with E-state index in [-0.39, 0.29) is 5.91 Å². The summed E-state index contributed by atoms with van der Waals surface area (Å²) < 4.78 is 0. The maximum absolute atomic E-state index is 11.8. The lowest BCUT2D eigenvalue weighted by atomic mass is 9.91. The maximum atomic E-state index is 11.8. The third-order valence-corrected chi connectivity index (χ3v) is 3.86. The Morgan fingerprint density at radius 2 is 1.79 bits per heavy atom. The van der Waals surface area contributed by atoms with Crippen molar-refractivity contribution >= 4 is 5.91 Å². The molecule has 1 aromatic rings. The van der Waals surface area contributed by atoms with E-state index in [1.807, 2.05) is 30.3 Å². The molecular weight excluding hydrogens is 238 g/mol. The number of benzene rings is 1. The summed E-state index contributed by atoms with van der Waals surface area (Å²) in [4.78, 5) is 11.8. The molecule has 2 atom stereocenters. The second-order valence-corrected chi connectivity index (χ2v) is 5.33. The molecule has 1 amide bonds. The lowest BCUT2D eigenvalue weighted by Gasteiger charge is -2.17. The molecule has 4 nitrogen and oxygen atoms in total. The molecule has 0 saturated carbocycles. The average Bonchev–Trinajstić information content (AvgIpc) is 2.75. The highest BCUT2D eigenvalue weighted by Gasteiger charge is 2.29. The van der Waals surface area contributed by atoms with Gasteiger partial charge in [0, 0.05) is 25.0 Å². The van der Waals surface area contributed by atoms with Crippen molar-refractivity contribution in [3.63, 3.8) is 0 Å². The number of amides is 1. The van der Waals surface area contributed by atoms with E-state index in [9.17, 15) is 4.79 Å². The average molecular weight is 261 g/mol. The molecule has 1 aliphatic heterocycles. The molecule has 1 fully saturated rings. The number of hydrazine groups is 1. The van der Waals surface area contributed by atoms with E-state index < -0.39 is 0 Å². The van der Waals surface area contributed by atoms with Crippen molar-refractivity contribution in [1.82, 2.24) is 16.2 Å². The van der Waals surface area contributed by atoms with Crippen molar-refractivity contribution in [3.05, 3.63) is 35.9 Å². The standard InChI is InChI=1S/C15H23N3O/c1-11-14(12(2)18-17-11)8-9-15(19)16-10-13-6-4-3-5-7-13/h3-7,11-12,14,17-18H,8-10H2,1-2H3,(H,16,19). The van der Waals surface area contributed by atoms with Crippen molar-refractivity contribution in [3.8, 4) is 0 Å². The van der Waals surface area contributed by atoms with Gasteiger partial charge in [-0.25, -0.2) is 0 Å². The SMILES string of the molecule is CC1NNC(C)C1CCC(=O)NCc1ccccc1. The van der Waals surface area contributed by atoms with Gasteiger partial charge in [-0.3, -0.25) is 15.6 Å². The first-order chi connectivity index (χ1) is 9.16. The number of carbonyl (C=O) groups excluding carboxylic acids is 1. The Hall–Kier alpha value is -1.39. The Balaban J connectivity index is 1.70. The van der Waals surface area contributed by atoms with Crippen LogP contribution in [0.5, 0.6) is 0 Å². The van der Waals surface area contributed by atoms with Crippen LogP contribution in [0.15, 0.2) is 30.3 Å². The van der Waals surface area contributed by atoms with Gasteiger partial charge in [0.2, 0.25) is 5.91 Å². The summed E-state index contributed by atoms with van der Waals surface area (Å²) in [6, 6.07) is 10.9. The summed E-state index contributed by atoms with van der Waals surface area (Å²) in [7, 11) is 0. The molecule has 1 aromatic carbocycles. The molecule has 0 aliphatic carbocycles. The highest BCUT2D eigenvalue weighted by molar-refractivity contribution is 5.75. The third kappa shape index (κ3) is 4.04. The molecule has 0 aromatic heterocycles. The fraction of sp³-hybridized carbons (Fsp3) is 0.533. The lowest BCUT2D eigenvalue weighted by Crippen LogP contribution is -2.30. The van der Waals surface area contributed by atoms with Gasteiger partial charge in [-0.05, 0) is 31.7 Å². The van der Waals surface area contributed by atoms with E-state index in [1.165, 1.54) is 0 Å². The van der Waals surface area contributed by atoms with Crippen molar-refractivity contribution in [2.75, 3.05) is 0 Å². The van der Waals surface area contributed by atoms with E-state index >= 15 is 0 Å². The van der Waals surface area contributed by atoms with Crippen LogP contribution in [0.25, 0.3) is 0 Å². The zero-order valence-corrected chi connectivity index (χ0v) is 11.6. The Bertz CT molecular complexity index is 397. The van der Waals surface area contributed by atoms with Gasteiger partial charge in [0.05, 0.1) is 0 Å². The second-order valence-electron chi connectivity index (χ2n) is 5.33. The summed E-state index contributed by atoms with van der Waals surface area (Å²) in [6.07, 6.45) is 1.51.